The van der Waals surface area contributed by atoms with Gasteiger partial charge in [0.2, 0.25) is 0 Å². The molecule has 2 heterocycles. The number of carbonyl (C=O) groups excluding carboxylic acids is 1. The van der Waals surface area contributed by atoms with Crippen molar-refractivity contribution < 1.29 is 9.53 Å². The summed E-state index contributed by atoms with van der Waals surface area (Å²) in [5.74, 6) is -0.100. The molecule has 1 aliphatic rings. The number of esters is 1. The maximum Gasteiger partial charge on any atom is 0.319 e. The number of nitrogens with zero attached hydrogens (tertiary/aromatic N) is 1. The molecule has 2 rings (SSSR count). The number of carbonyl (C=O) groups is 1. The van der Waals surface area contributed by atoms with E-state index in [2.05, 4.69) is 24.1 Å². The molecule has 102 valence electrons. The minimum absolute atomic E-state index is 0.0517. The van der Waals surface area contributed by atoms with Crippen LogP contribution in [-0.2, 0) is 9.53 Å². The van der Waals surface area contributed by atoms with Crippen LogP contribution in [-0.4, -0.2) is 22.3 Å². The SMILES string of the molecule is CCC=CCC1CCC(Sc2ccccn2)C(=O)O1. The van der Waals surface area contributed by atoms with E-state index in [1.807, 2.05) is 18.2 Å². The van der Waals surface area contributed by atoms with Crippen LogP contribution in [0.5, 0.6) is 0 Å². The van der Waals surface area contributed by atoms with Gasteiger partial charge in [0.1, 0.15) is 11.4 Å². The molecule has 3 nitrogen and oxygen atoms in total. The topological polar surface area (TPSA) is 39.2 Å². The van der Waals surface area contributed by atoms with Gasteiger partial charge < -0.3 is 4.74 Å². The van der Waals surface area contributed by atoms with Gasteiger partial charge in [-0.15, -0.1) is 0 Å². The molecular weight excluding hydrogens is 258 g/mol. The molecule has 0 N–H and O–H groups in total. The number of cyclic esters (lactones) is 1. The Kier molecular flexibility index (Phi) is 5.45. The number of hydrogen-bond acceptors (Lipinski definition) is 4. The molecule has 0 radical (unpaired) electrons. The lowest BCUT2D eigenvalue weighted by Crippen LogP contribution is -2.32. The van der Waals surface area contributed by atoms with Gasteiger partial charge in [-0.1, -0.05) is 36.9 Å². The summed E-state index contributed by atoms with van der Waals surface area (Å²) in [5, 5.41) is 0.773. The Bertz CT molecular complexity index is 433. The van der Waals surface area contributed by atoms with Crippen LogP contribution in [0.4, 0.5) is 0 Å². The highest BCUT2D eigenvalue weighted by Gasteiger charge is 2.30. The van der Waals surface area contributed by atoms with Crippen molar-refractivity contribution in [3.05, 3.63) is 36.5 Å². The van der Waals surface area contributed by atoms with E-state index in [1.165, 1.54) is 11.8 Å². The number of pyridine rings is 1. The molecule has 1 aromatic heterocycles. The molecule has 1 aliphatic heterocycles. The second-order valence-electron chi connectivity index (χ2n) is 4.53. The molecule has 0 aromatic carbocycles. The number of hydrogen-bond donors (Lipinski definition) is 0. The van der Waals surface area contributed by atoms with Gasteiger partial charge in [-0.3, -0.25) is 4.79 Å². The average molecular weight is 277 g/mol. The Hall–Kier alpha value is -1.29. The van der Waals surface area contributed by atoms with E-state index >= 15 is 0 Å². The highest BCUT2D eigenvalue weighted by Crippen LogP contribution is 2.30. The van der Waals surface area contributed by atoms with E-state index in [1.54, 1.807) is 6.20 Å². The van der Waals surface area contributed by atoms with Crippen LogP contribution in [0.1, 0.15) is 32.6 Å². The van der Waals surface area contributed by atoms with Gasteiger partial charge in [-0.25, -0.2) is 4.98 Å². The van der Waals surface area contributed by atoms with Crippen molar-refractivity contribution in [1.29, 1.82) is 0 Å². The first-order valence-electron chi connectivity index (χ1n) is 6.72. The largest absolute Gasteiger partial charge is 0.461 e. The normalized spacial score (nSPS) is 23.5. The lowest BCUT2D eigenvalue weighted by atomic mass is 10.1. The summed E-state index contributed by atoms with van der Waals surface area (Å²) < 4.78 is 5.48. The summed E-state index contributed by atoms with van der Waals surface area (Å²) in [6.45, 7) is 2.10. The van der Waals surface area contributed by atoms with Crippen LogP contribution in [0, 0.1) is 0 Å². The third-order valence-electron chi connectivity index (χ3n) is 3.00. The first kappa shape index (κ1) is 14.1. The van der Waals surface area contributed by atoms with Gasteiger partial charge in [-0.05, 0) is 31.4 Å². The third-order valence-corrected chi connectivity index (χ3v) is 4.19. The van der Waals surface area contributed by atoms with Gasteiger partial charge in [0.05, 0.1) is 5.03 Å². The summed E-state index contributed by atoms with van der Waals surface area (Å²) in [7, 11) is 0. The molecule has 2 atom stereocenters. The van der Waals surface area contributed by atoms with Crippen molar-refractivity contribution in [1.82, 2.24) is 4.98 Å². The molecule has 4 heteroatoms. The molecule has 0 spiro atoms. The highest BCUT2D eigenvalue weighted by atomic mass is 32.2. The van der Waals surface area contributed by atoms with Crippen molar-refractivity contribution >= 4 is 17.7 Å². The predicted molar refractivity (Wildman–Crippen MR) is 77.0 cm³/mol. The monoisotopic (exact) mass is 277 g/mol. The van der Waals surface area contributed by atoms with Crippen LogP contribution < -0.4 is 0 Å². The van der Waals surface area contributed by atoms with Gasteiger partial charge in [-0.2, -0.15) is 0 Å². The molecule has 1 fully saturated rings. The van der Waals surface area contributed by atoms with E-state index in [9.17, 15) is 4.79 Å². The van der Waals surface area contributed by atoms with Gasteiger partial charge in [0.15, 0.2) is 0 Å². The Morgan fingerprint density at radius 3 is 3.00 bits per heavy atom. The maximum absolute atomic E-state index is 11.9. The number of thioether (sulfide) groups is 1. The summed E-state index contributed by atoms with van der Waals surface area (Å²) in [6, 6.07) is 5.73. The molecule has 1 aromatic rings. The van der Waals surface area contributed by atoms with Crippen LogP contribution >= 0.6 is 11.8 Å². The number of ether oxygens (including phenoxy) is 1. The van der Waals surface area contributed by atoms with Gasteiger partial charge in [0, 0.05) is 12.6 Å². The zero-order chi connectivity index (χ0) is 13.5. The minimum Gasteiger partial charge on any atom is -0.461 e. The van der Waals surface area contributed by atoms with Crippen molar-refractivity contribution in [3.8, 4) is 0 Å². The van der Waals surface area contributed by atoms with E-state index in [0.29, 0.717) is 0 Å². The summed E-state index contributed by atoms with van der Waals surface area (Å²) in [6.07, 6.45) is 9.67. The first-order chi connectivity index (χ1) is 9.29. The summed E-state index contributed by atoms with van der Waals surface area (Å²) in [4.78, 5) is 16.2. The number of rotatable bonds is 5. The maximum atomic E-state index is 11.9. The Morgan fingerprint density at radius 2 is 2.32 bits per heavy atom. The Morgan fingerprint density at radius 1 is 1.42 bits per heavy atom. The smallest absolute Gasteiger partial charge is 0.319 e. The van der Waals surface area contributed by atoms with Gasteiger partial charge in [0.25, 0.3) is 0 Å². The third kappa shape index (κ3) is 4.39. The van der Waals surface area contributed by atoms with Crippen LogP contribution in [0.3, 0.4) is 0 Å². The average Bonchev–Trinajstić information content (AvgIpc) is 2.43. The van der Waals surface area contributed by atoms with E-state index in [-0.39, 0.29) is 17.3 Å². The lowest BCUT2D eigenvalue weighted by molar-refractivity contribution is -0.152. The molecule has 0 aliphatic carbocycles. The van der Waals surface area contributed by atoms with Crippen molar-refractivity contribution in [2.45, 2.75) is 49.0 Å². The molecular formula is C15H19NO2S. The fraction of sp³-hybridized carbons (Fsp3) is 0.467. The standard InChI is InChI=1S/C15H19NO2S/c1-2-3-4-7-12-9-10-13(15(17)18-12)19-14-8-5-6-11-16-14/h3-6,8,11-13H,2,7,9-10H2,1H3. The van der Waals surface area contributed by atoms with Crippen LogP contribution in [0.25, 0.3) is 0 Å². The minimum atomic E-state index is -0.110. The Labute approximate surface area is 118 Å². The van der Waals surface area contributed by atoms with E-state index in [4.69, 9.17) is 4.74 Å². The van der Waals surface area contributed by atoms with Crippen molar-refractivity contribution in [2.75, 3.05) is 0 Å². The highest BCUT2D eigenvalue weighted by molar-refractivity contribution is 8.00. The molecule has 19 heavy (non-hydrogen) atoms. The second-order valence-corrected chi connectivity index (χ2v) is 5.75. The lowest BCUT2D eigenvalue weighted by Gasteiger charge is -2.26. The zero-order valence-corrected chi connectivity index (χ0v) is 11.9. The van der Waals surface area contributed by atoms with Crippen LogP contribution in [0.2, 0.25) is 0 Å². The molecule has 2 unspecified atom stereocenters. The predicted octanol–water partition coefficient (Wildman–Crippen LogP) is 3.60. The molecule has 0 amide bonds. The van der Waals surface area contributed by atoms with E-state index < -0.39 is 0 Å². The Balaban J connectivity index is 1.84. The molecule has 1 saturated heterocycles. The number of aromatic nitrogens is 1. The fourth-order valence-corrected chi connectivity index (χ4v) is 2.98. The van der Waals surface area contributed by atoms with Crippen molar-refractivity contribution in [3.63, 3.8) is 0 Å². The molecule has 0 saturated carbocycles. The first-order valence-corrected chi connectivity index (χ1v) is 7.60. The second kappa shape index (κ2) is 7.34. The summed E-state index contributed by atoms with van der Waals surface area (Å²) in [5.41, 5.74) is 0. The van der Waals surface area contributed by atoms with Crippen molar-refractivity contribution in [2.24, 2.45) is 0 Å². The zero-order valence-electron chi connectivity index (χ0n) is 11.1. The summed E-state index contributed by atoms with van der Waals surface area (Å²) >= 11 is 1.50. The fourth-order valence-electron chi connectivity index (χ4n) is 2.00. The number of allylic oxidation sites excluding steroid dienone is 1. The van der Waals surface area contributed by atoms with Crippen LogP contribution in [0.15, 0.2) is 41.6 Å². The quantitative estimate of drug-likeness (QED) is 0.609. The molecule has 0 bridgehead atoms. The van der Waals surface area contributed by atoms with Gasteiger partial charge >= 0.3 is 5.97 Å². The van der Waals surface area contributed by atoms with E-state index in [0.717, 1.165) is 30.7 Å².